The molecule has 1 aromatic rings. The summed E-state index contributed by atoms with van der Waals surface area (Å²) in [5, 5.41) is 0.710. The van der Waals surface area contributed by atoms with Gasteiger partial charge in [-0.1, -0.05) is 30.2 Å². The van der Waals surface area contributed by atoms with Crippen molar-refractivity contribution in [2.75, 3.05) is 6.54 Å². The molecule has 1 fully saturated rings. The van der Waals surface area contributed by atoms with Crippen molar-refractivity contribution >= 4 is 17.4 Å². The van der Waals surface area contributed by atoms with E-state index in [2.05, 4.69) is 0 Å². The molecule has 0 heterocycles. The fourth-order valence-corrected chi connectivity index (χ4v) is 2.80. The van der Waals surface area contributed by atoms with Crippen molar-refractivity contribution in [3.63, 3.8) is 0 Å². The molecular formula is C14H18ClNO. The van der Waals surface area contributed by atoms with Crippen molar-refractivity contribution in [2.45, 2.75) is 25.7 Å². The Kier molecular flexibility index (Phi) is 4.19. The number of halogens is 1. The van der Waals surface area contributed by atoms with Crippen molar-refractivity contribution in [3.05, 3.63) is 34.9 Å². The Morgan fingerprint density at radius 1 is 1.29 bits per heavy atom. The third-order valence-corrected chi connectivity index (χ3v) is 3.92. The minimum Gasteiger partial charge on any atom is -0.330 e. The number of hydrogen-bond donors (Lipinski definition) is 1. The van der Waals surface area contributed by atoms with Gasteiger partial charge in [0.1, 0.15) is 5.78 Å². The van der Waals surface area contributed by atoms with Gasteiger partial charge in [-0.25, -0.2) is 0 Å². The zero-order valence-corrected chi connectivity index (χ0v) is 10.6. The number of nitrogens with two attached hydrogens (primary N) is 1. The summed E-state index contributed by atoms with van der Waals surface area (Å²) in [5.74, 6) is 0.908. The highest BCUT2D eigenvalue weighted by Gasteiger charge is 2.31. The Morgan fingerprint density at radius 2 is 2.00 bits per heavy atom. The molecular weight excluding hydrogens is 234 g/mol. The molecule has 0 aromatic heterocycles. The summed E-state index contributed by atoms with van der Waals surface area (Å²) in [6.07, 6.45) is 3.76. The average molecular weight is 252 g/mol. The maximum Gasteiger partial charge on any atom is 0.140 e. The molecule has 2 atom stereocenters. The Morgan fingerprint density at radius 3 is 2.65 bits per heavy atom. The summed E-state index contributed by atoms with van der Waals surface area (Å²) >= 11 is 5.82. The van der Waals surface area contributed by atoms with Crippen LogP contribution in [0.1, 0.15) is 24.8 Å². The predicted octanol–water partition coefficient (Wildman–Crippen LogP) is 2.83. The zero-order chi connectivity index (χ0) is 12.3. The molecule has 2 N–H and O–H groups in total. The molecule has 0 bridgehead atoms. The van der Waals surface area contributed by atoms with Crippen LogP contribution in [0.15, 0.2) is 24.3 Å². The molecule has 2 unspecified atom stereocenters. The fourth-order valence-electron chi connectivity index (χ4n) is 2.68. The largest absolute Gasteiger partial charge is 0.330 e. The lowest BCUT2D eigenvalue weighted by Gasteiger charge is -2.16. The van der Waals surface area contributed by atoms with E-state index < -0.39 is 0 Å². The molecule has 1 aromatic carbocycles. The topological polar surface area (TPSA) is 43.1 Å². The Hall–Kier alpha value is -0.860. The van der Waals surface area contributed by atoms with Crippen molar-refractivity contribution in [3.8, 4) is 0 Å². The summed E-state index contributed by atoms with van der Waals surface area (Å²) in [6.45, 7) is 0.636. The minimum absolute atomic E-state index is 0.177. The monoisotopic (exact) mass is 251 g/mol. The summed E-state index contributed by atoms with van der Waals surface area (Å²) < 4.78 is 0. The minimum atomic E-state index is 0.177. The number of benzene rings is 1. The van der Waals surface area contributed by atoms with Crippen molar-refractivity contribution < 1.29 is 4.79 Å². The average Bonchev–Trinajstić information content (AvgIpc) is 2.80. The van der Waals surface area contributed by atoms with Gasteiger partial charge in [0.2, 0.25) is 0 Å². The van der Waals surface area contributed by atoms with Gasteiger partial charge in [-0.3, -0.25) is 4.79 Å². The van der Waals surface area contributed by atoms with Crippen LogP contribution >= 0.6 is 11.6 Å². The number of carbonyl (C=O) groups excluding carboxylic acids is 1. The molecule has 2 nitrogen and oxygen atoms in total. The molecule has 0 saturated heterocycles. The molecule has 0 aliphatic heterocycles. The van der Waals surface area contributed by atoms with Crippen LogP contribution in [0.25, 0.3) is 0 Å². The lowest BCUT2D eigenvalue weighted by Crippen LogP contribution is -2.26. The first-order valence-electron chi connectivity index (χ1n) is 6.18. The molecule has 17 heavy (non-hydrogen) atoms. The van der Waals surface area contributed by atoms with Gasteiger partial charge in [0.25, 0.3) is 0 Å². The molecule has 1 aliphatic rings. The van der Waals surface area contributed by atoms with E-state index in [1.165, 1.54) is 0 Å². The number of Topliss-reactive ketones (excluding diaryl/α,β-unsaturated/α-hetero) is 1. The van der Waals surface area contributed by atoms with E-state index in [4.69, 9.17) is 17.3 Å². The van der Waals surface area contributed by atoms with Gasteiger partial charge in [-0.15, -0.1) is 0 Å². The fraction of sp³-hybridized carbons (Fsp3) is 0.500. The van der Waals surface area contributed by atoms with E-state index in [0.29, 0.717) is 29.7 Å². The van der Waals surface area contributed by atoms with E-state index >= 15 is 0 Å². The lowest BCUT2D eigenvalue weighted by atomic mass is 9.89. The summed E-state index contributed by atoms with van der Waals surface area (Å²) in [5.41, 5.74) is 6.75. The third-order valence-electron chi connectivity index (χ3n) is 3.67. The molecule has 92 valence electrons. The maximum atomic E-state index is 12.2. The van der Waals surface area contributed by atoms with Gasteiger partial charge >= 0.3 is 0 Å². The van der Waals surface area contributed by atoms with Crippen molar-refractivity contribution in [1.82, 2.24) is 0 Å². The quantitative estimate of drug-likeness (QED) is 0.894. The van der Waals surface area contributed by atoms with Gasteiger partial charge in [0.15, 0.2) is 0 Å². The molecule has 1 aliphatic carbocycles. The molecule has 2 rings (SSSR count). The molecule has 0 amide bonds. The third kappa shape index (κ3) is 3.08. The smallest absolute Gasteiger partial charge is 0.140 e. The van der Waals surface area contributed by atoms with E-state index in [1.807, 2.05) is 24.3 Å². The van der Waals surface area contributed by atoms with Crippen LogP contribution in [0.3, 0.4) is 0 Å². The first-order valence-corrected chi connectivity index (χ1v) is 6.55. The highest BCUT2D eigenvalue weighted by atomic mass is 35.5. The summed E-state index contributed by atoms with van der Waals surface area (Å²) in [6, 6.07) is 7.51. The van der Waals surface area contributed by atoms with Crippen LogP contribution in [-0.2, 0) is 11.2 Å². The number of ketones is 1. The molecule has 0 radical (unpaired) electrons. The van der Waals surface area contributed by atoms with Gasteiger partial charge < -0.3 is 5.73 Å². The first kappa shape index (κ1) is 12.6. The normalized spacial score (nSPS) is 23.9. The SMILES string of the molecule is NCC1CCCC1C(=O)Cc1ccc(Cl)cc1. The zero-order valence-electron chi connectivity index (χ0n) is 9.86. The number of rotatable bonds is 4. The van der Waals surface area contributed by atoms with Crippen LogP contribution in [0.5, 0.6) is 0 Å². The number of hydrogen-bond acceptors (Lipinski definition) is 2. The molecule has 1 saturated carbocycles. The van der Waals surface area contributed by atoms with Crippen LogP contribution in [0, 0.1) is 11.8 Å². The van der Waals surface area contributed by atoms with E-state index in [1.54, 1.807) is 0 Å². The van der Waals surface area contributed by atoms with Gasteiger partial charge in [-0.2, -0.15) is 0 Å². The van der Waals surface area contributed by atoms with Gasteiger partial charge in [0, 0.05) is 17.4 Å². The highest BCUT2D eigenvalue weighted by molar-refractivity contribution is 6.30. The van der Waals surface area contributed by atoms with Crippen LogP contribution in [-0.4, -0.2) is 12.3 Å². The second-order valence-electron chi connectivity index (χ2n) is 4.80. The van der Waals surface area contributed by atoms with E-state index in [-0.39, 0.29) is 5.92 Å². The standard InChI is InChI=1S/C14H18ClNO/c15-12-6-4-10(5-7-12)8-14(17)13-3-1-2-11(13)9-16/h4-7,11,13H,1-3,8-9,16H2. The first-order chi connectivity index (χ1) is 8.20. The summed E-state index contributed by atoms with van der Waals surface area (Å²) in [7, 11) is 0. The Bertz CT molecular complexity index is 388. The van der Waals surface area contributed by atoms with Crippen LogP contribution in [0.2, 0.25) is 5.02 Å². The molecule has 3 heteroatoms. The van der Waals surface area contributed by atoms with Gasteiger partial charge in [-0.05, 0) is 43.0 Å². The Balaban J connectivity index is 1.99. The van der Waals surface area contributed by atoms with Gasteiger partial charge in [0.05, 0.1) is 0 Å². The predicted molar refractivity (Wildman–Crippen MR) is 70.0 cm³/mol. The van der Waals surface area contributed by atoms with Crippen LogP contribution < -0.4 is 5.73 Å². The van der Waals surface area contributed by atoms with Crippen molar-refractivity contribution in [1.29, 1.82) is 0 Å². The second-order valence-corrected chi connectivity index (χ2v) is 5.24. The highest BCUT2D eigenvalue weighted by Crippen LogP contribution is 2.32. The number of carbonyl (C=O) groups is 1. The molecule has 0 spiro atoms. The lowest BCUT2D eigenvalue weighted by molar-refractivity contribution is -0.123. The van der Waals surface area contributed by atoms with Crippen LogP contribution in [0.4, 0.5) is 0 Å². The summed E-state index contributed by atoms with van der Waals surface area (Å²) in [4.78, 5) is 12.2. The van der Waals surface area contributed by atoms with Crippen molar-refractivity contribution in [2.24, 2.45) is 17.6 Å². The maximum absolute atomic E-state index is 12.2. The Labute approximate surface area is 107 Å². The van der Waals surface area contributed by atoms with E-state index in [9.17, 15) is 4.79 Å². The van der Waals surface area contributed by atoms with E-state index in [0.717, 1.165) is 24.8 Å². The second kappa shape index (κ2) is 5.65.